The van der Waals surface area contributed by atoms with Gasteiger partial charge in [0.25, 0.3) is 0 Å². The predicted molar refractivity (Wildman–Crippen MR) is 72.7 cm³/mol. The van der Waals surface area contributed by atoms with Gasteiger partial charge >= 0.3 is 0 Å². The number of thioether (sulfide) groups is 1. The number of aryl methyl sites for hydroxylation is 1. The summed E-state index contributed by atoms with van der Waals surface area (Å²) in [6.45, 7) is 0.265. The van der Waals surface area contributed by atoms with Gasteiger partial charge in [-0.15, -0.1) is 0 Å². The summed E-state index contributed by atoms with van der Waals surface area (Å²) in [6, 6.07) is 0.661. The Hall–Kier alpha value is -0.520. The molecule has 0 spiro atoms. The molecule has 1 aromatic rings. The van der Waals surface area contributed by atoms with Crippen LogP contribution in [-0.2, 0) is 7.05 Å². The maximum absolute atomic E-state index is 9.70. The SMILES string of the molecule is Cn1ccnc1SC1CCC(CO)(NC2CC2)C1. The van der Waals surface area contributed by atoms with E-state index in [1.807, 2.05) is 31.2 Å². The average molecular weight is 267 g/mol. The zero-order valence-electron chi connectivity index (χ0n) is 10.8. The van der Waals surface area contributed by atoms with Gasteiger partial charge in [0.1, 0.15) is 0 Å². The third-order valence-corrected chi connectivity index (χ3v) is 5.34. The largest absolute Gasteiger partial charge is 0.394 e. The van der Waals surface area contributed by atoms with Gasteiger partial charge in [-0.3, -0.25) is 0 Å². The van der Waals surface area contributed by atoms with E-state index in [0.717, 1.165) is 24.4 Å². The molecule has 18 heavy (non-hydrogen) atoms. The van der Waals surface area contributed by atoms with Crippen molar-refractivity contribution >= 4 is 11.8 Å². The zero-order valence-corrected chi connectivity index (χ0v) is 11.6. The standard InChI is InChI=1S/C13H21N3OS/c1-16-7-6-14-12(16)18-11-4-5-13(8-11,9-17)15-10-2-3-10/h6-7,10-11,15,17H,2-5,8-9H2,1H3. The van der Waals surface area contributed by atoms with Crippen LogP contribution in [-0.4, -0.2) is 38.1 Å². The lowest BCUT2D eigenvalue weighted by Gasteiger charge is -2.28. The van der Waals surface area contributed by atoms with Crippen LogP contribution in [0.15, 0.2) is 17.6 Å². The van der Waals surface area contributed by atoms with Crippen LogP contribution in [0.3, 0.4) is 0 Å². The van der Waals surface area contributed by atoms with Gasteiger partial charge in [0.15, 0.2) is 5.16 Å². The molecular weight excluding hydrogens is 246 g/mol. The van der Waals surface area contributed by atoms with Gasteiger partial charge < -0.3 is 15.0 Å². The molecule has 2 unspecified atom stereocenters. The molecule has 0 bridgehead atoms. The number of rotatable bonds is 5. The van der Waals surface area contributed by atoms with Crippen LogP contribution >= 0.6 is 11.8 Å². The van der Waals surface area contributed by atoms with E-state index in [9.17, 15) is 5.11 Å². The van der Waals surface area contributed by atoms with Crippen molar-refractivity contribution < 1.29 is 5.11 Å². The van der Waals surface area contributed by atoms with Gasteiger partial charge in [0, 0.05) is 36.3 Å². The van der Waals surface area contributed by atoms with Crippen molar-refractivity contribution in [2.24, 2.45) is 7.05 Å². The molecule has 0 radical (unpaired) electrons. The second kappa shape index (κ2) is 4.87. The van der Waals surface area contributed by atoms with E-state index in [0.29, 0.717) is 11.3 Å². The number of nitrogens with zero attached hydrogens (tertiary/aromatic N) is 2. The molecule has 3 rings (SSSR count). The van der Waals surface area contributed by atoms with Crippen molar-refractivity contribution in [3.63, 3.8) is 0 Å². The quantitative estimate of drug-likeness (QED) is 0.850. The molecule has 2 fully saturated rings. The van der Waals surface area contributed by atoms with E-state index >= 15 is 0 Å². The molecule has 0 amide bonds. The fourth-order valence-corrected chi connectivity index (χ4v) is 4.06. The molecule has 4 nitrogen and oxygen atoms in total. The minimum atomic E-state index is -0.0238. The molecule has 1 heterocycles. The molecule has 0 saturated heterocycles. The zero-order chi connectivity index (χ0) is 12.6. The molecule has 2 aliphatic rings. The smallest absolute Gasteiger partial charge is 0.167 e. The molecule has 2 saturated carbocycles. The highest BCUT2D eigenvalue weighted by Crippen LogP contribution is 2.41. The molecule has 2 atom stereocenters. The Morgan fingerprint density at radius 1 is 1.56 bits per heavy atom. The van der Waals surface area contributed by atoms with Crippen LogP contribution in [0, 0.1) is 0 Å². The number of imidazole rings is 1. The lowest BCUT2D eigenvalue weighted by atomic mass is 9.99. The van der Waals surface area contributed by atoms with Crippen LogP contribution in [0.4, 0.5) is 0 Å². The summed E-state index contributed by atoms with van der Waals surface area (Å²) in [5.74, 6) is 0. The Kier molecular flexibility index (Phi) is 3.38. The molecular formula is C13H21N3OS. The molecule has 5 heteroatoms. The van der Waals surface area contributed by atoms with Crippen LogP contribution < -0.4 is 5.32 Å². The number of aliphatic hydroxyl groups excluding tert-OH is 1. The fourth-order valence-electron chi connectivity index (χ4n) is 2.77. The van der Waals surface area contributed by atoms with Gasteiger partial charge in [0.2, 0.25) is 0 Å². The highest BCUT2D eigenvalue weighted by Gasteiger charge is 2.42. The highest BCUT2D eigenvalue weighted by atomic mass is 32.2. The normalized spacial score (nSPS) is 32.0. The Bertz CT molecular complexity index is 418. The summed E-state index contributed by atoms with van der Waals surface area (Å²) in [4.78, 5) is 4.37. The van der Waals surface area contributed by atoms with Gasteiger partial charge in [-0.1, -0.05) is 11.8 Å². The number of hydrogen-bond acceptors (Lipinski definition) is 4. The van der Waals surface area contributed by atoms with Crippen LogP contribution in [0.25, 0.3) is 0 Å². The maximum Gasteiger partial charge on any atom is 0.167 e. The summed E-state index contributed by atoms with van der Waals surface area (Å²) < 4.78 is 2.07. The topological polar surface area (TPSA) is 50.1 Å². The minimum absolute atomic E-state index is 0.0238. The second-order valence-corrected chi connectivity index (χ2v) is 6.93. The van der Waals surface area contributed by atoms with Crippen molar-refractivity contribution in [3.05, 3.63) is 12.4 Å². The summed E-state index contributed by atoms with van der Waals surface area (Å²) in [6.07, 6.45) is 9.69. The first kappa shape index (κ1) is 12.5. The van der Waals surface area contributed by atoms with Gasteiger partial charge in [-0.05, 0) is 32.1 Å². The summed E-state index contributed by atoms with van der Waals surface area (Å²) >= 11 is 1.85. The third kappa shape index (κ3) is 2.58. The van der Waals surface area contributed by atoms with Crippen molar-refractivity contribution in [1.82, 2.24) is 14.9 Å². The lowest BCUT2D eigenvalue weighted by molar-refractivity contribution is 0.163. The second-order valence-electron chi connectivity index (χ2n) is 5.66. The maximum atomic E-state index is 9.70. The van der Waals surface area contributed by atoms with Crippen molar-refractivity contribution in [3.8, 4) is 0 Å². The Morgan fingerprint density at radius 2 is 2.39 bits per heavy atom. The summed E-state index contributed by atoms with van der Waals surface area (Å²) in [7, 11) is 2.03. The third-order valence-electron chi connectivity index (χ3n) is 4.00. The fraction of sp³-hybridized carbons (Fsp3) is 0.769. The van der Waals surface area contributed by atoms with E-state index < -0.39 is 0 Å². The van der Waals surface area contributed by atoms with E-state index in [1.54, 1.807) is 0 Å². The molecule has 0 aromatic carbocycles. The monoisotopic (exact) mass is 267 g/mol. The first-order valence-electron chi connectivity index (χ1n) is 6.73. The van der Waals surface area contributed by atoms with Gasteiger partial charge in [-0.25, -0.2) is 4.98 Å². The number of hydrogen-bond donors (Lipinski definition) is 2. The summed E-state index contributed by atoms with van der Waals surface area (Å²) in [5, 5.41) is 15.0. The Labute approximate surface area is 112 Å². The number of aromatic nitrogens is 2. The van der Waals surface area contributed by atoms with Crippen LogP contribution in [0.5, 0.6) is 0 Å². The molecule has 100 valence electrons. The van der Waals surface area contributed by atoms with E-state index in [-0.39, 0.29) is 12.1 Å². The first-order chi connectivity index (χ1) is 8.71. The average Bonchev–Trinajstić information content (AvgIpc) is 2.94. The molecule has 0 aliphatic heterocycles. The Balaban J connectivity index is 1.61. The van der Waals surface area contributed by atoms with Gasteiger partial charge in [-0.2, -0.15) is 0 Å². The number of nitrogens with one attached hydrogen (secondary N) is 1. The lowest BCUT2D eigenvalue weighted by Crippen LogP contribution is -2.47. The van der Waals surface area contributed by atoms with E-state index in [2.05, 4.69) is 14.9 Å². The van der Waals surface area contributed by atoms with Crippen LogP contribution in [0.2, 0.25) is 0 Å². The molecule has 2 N–H and O–H groups in total. The Morgan fingerprint density at radius 3 is 3.00 bits per heavy atom. The van der Waals surface area contributed by atoms with E-state index in [4.69, 9.17) is 0 Å². The number of aliphatic hydroxyl groups is 1. The minimum Gasteiger partial charge on any atom is -0.394 e. The van der Waals surface area contributed by atoms with Crippen molar-refractivity contribution in [1.29, 1.82) is 0 Å². The van der Waals surface area contributed by atoms with Crippen molar-refractivity contribution in [2.45, 2.75) is 54.1 Å². The van der Waals surface area contributed by atoms with Crippen LogP contribution in [0.1, 0.15) is 32.1 Å². The molecule has 2 aliphatic carbocycles. The predicted octanol–water partition coefficient (Wildman–Crippen LogP) is 1.55. The highest BCUT2D eigenvalue weighted by molar-refractivity contribution is 7.99. The van der Waals surface area contributed by atoms with E-state index in [1.165, 1.54) is 12.8 Å². The van der Waals surface area contributed by atoms with Crippen molar-refractivity contribution in [2.75, 3.05) is 6.61 Å². The first-order valence-corrected chi connectivity index (χ1v) is 7.61. The summed E-state index contributed by atoms with van der Waals surface area (Å²) in [5.41, 5.74) is -0.0238. The molecule has 1 aromatic heterocycles. The van der Waals surface area contributed by atoms with Gasteiger partial charge in [0.05, 0.1) is 6.61 Å².